The predicted octanol–water partition coefficient (Wildman–Crippen LogP) is 3.64. The van der Waals surface area contributed by atoms with Gasteiger partial charge in [-0.3, -0.25) is 4.72 Å². The van der Waals surface area contributed by atoms with E-state index >= 15 is 0 Å². The lowest BCUT2D eigenvalue weighted by Gasteiger charge is -2.15. The van der Waals surface area contributed by atoms with Gasteiger partial charge >= 0.3 is 0 Å². The van der Waals surface area contributed by atoms with Crippen molar-refractivity contribution in [3.63, 3.8) is 0 Å². The lowest BCUT2D eigenvalue weighted by Crippen LogP contribution is -2.13. The minimum atomic E-state index is -3.73. The summed E-state index contributed by atoms with van der Waals surface area (Å²) in [5.74, 6) is 1.47. The van der Waals surface area contributed by atoms with Crippen LogP contribution < -0.4 is 18.9 Å². The molecule has 0 unspecified atom stereocenters. The number of hydrogen-bond donors (Lipinski definition) is 1. The Kier molecular flexibility index (Phi) is 5.79. The molecule has 0 aliphatic carbocycles. The second-order valence-corrected chi connectivity index (χ2v) is 7.43. The third kappa shape index (κ3) is 4.17. The summed E-state index contributed by atoms with van der Waals surface area (Å²) in [6, 6.07) is 9.90. The Morgan fingerprint density at radius 2 is 1.40 bits per heavy atom. The first-order valence-electron chi connectivity index (χ1n) is 7.75. The van der Waals surface area contributed by atoms with Crippen LogP contribution in [-0.2, 0) is 10.0 Å². The van der Waals surface area contributed by atoms with Gasteiger partial charge in [0.15, 0.2) is 11.5 Å². The zero-order chi connectivity index (χ0) is 18.6. The summed E-state index contributed by atoms with van der Waals surface area (Å²) in [5.41, 5.74) is 1.40. The highest BCUT2D eigenvalue weighted by Crippen LogP contribution is 2.40. The van der Waals surface area contributed by atoms with E-state index in [4.69, 9.17) is 14.2 Å². The lowest BCUT2D eigenvalue weighted by molar-refractivity contribution is 0.325. The first-order chi connectivity index (χ1) is 11.8. The van der Waals surface area contributed by atoms with Crippen LogP contribution in [0.3, 0.4) is 0 Å². The molecule has 25 heavy (non-hydrogen) atoms. The molecule has 6 nitrogen and oxygen atoms in total. The molecule has 136 valence electrons. The normalized spacial score (nSPS) is 11.3. The van der Waals surface area contributed by atoms with Crippen molar-refractivity contribution in [2.45, 2.75) is 24.7 Å². The summed E-state index contributed by atoms with van der Waals surface area (Å²) in [4.78, 5) is 0.186. The fourth-order valence-electron chi connectivity index (χ4n) is 2.39. The smallest absolute Gasteiger partial charge is 0.261 e. The van der Waals surface area contributed by atoms with Crippen molar-refractivity contribution in [1.29, 1.82) is 0 Å². The summed E-state index contributed by atoms with van der Waals surface area (Å²) in [6.45, 7) is 4.11. The van der Waals surface area contributed by atoms with E-state index in [9.17, 15) is 8.42 Å². The van der Waals surface area contributed by atoms with Crippen LogP contribution in [0.5, 0.6) is 17.2 Å². The van der Waals surface area contributed by atoms with Crippen LogP contribution in [0.25, 0.3) is 0 Å². The van der Waals surface area contributed by atoms with Gasteiger partial charge in [0.05, 0.1) is 31.9 Å². The molecule has 0 heterocycles. The largest absolute Gasteiger partial charge is 0.493 e. The molecule has 2 aromatic carbocycles. The molecule has 7 heteroatoms. The summed E-state index contributed by atoms with van der Waals surface area (Å²) >= 11 is 0. The quantitative estimate of drug-likeness (QED) is 0.811. The molecule has 0 atom stereocenters. The fourth-order valence-corrected chi connectivity index (χ4v) is 3.43. The van der Waals surface area contributed by atoms with Gasteiger partial charge in [-0.1, -0.05) is 26.0 Å². The summed E-state index contributed by atoms with van der Waals surface area (Å²) in [7, 11) is 0.704. The third-order valence-electron chi connectivity index (χ3n) is 3.77. The third-order valence-corrected chi connectivity index (χ3v) is 5.17. The molecule has 0 saturated heterocycles. The van der Waals surface area contributed by atoms with Gasteiger partial charge in [-0.2, -0.15) is 0 Å². The second-order valence-electron chi connectivity index (χ2n) is 5.74. The molecular formula is C18H23NO5S. The van der Waals surface area contributed by atoms with Crippen LogP contribution >= 0.6 is 0 Å². The molecule has 2 rings (SSSR count). The minimum absolute atomic E-state index is 0.186. The predicted molar refractivity (Wildman–Crippen MR) is 97.4 cm³/mol. The van der Waals surface area contributed by atoms with Gasteiger partial charge in [0.1, 0.15) is 0 Å². The monoisotopic (exact) mass is 365 g/mol. The highest BCUT2D eigenvalue weighted by molar-refractivity contribution is 7.92. The molecule has 0 amide bonds. The van der Waals surface area contributed by atoms with Crippen molar-refractivity contribution in [2.75, 3.05) is 26.1 Å². The van der Waals surface area contributed by atoms with E-state index in [-0.39, 0.29) is 4.90 Å². The maximum absolute atomic E-state index is 12.6. The Hall–Kier alpha value is -2.41. The molecule has 0 aliphatic rings. The number of methoxy groups -OCH3 is 3. The number of ether oxygens (including phenoxy) is 3. The first kappa shape index (κ1) is 18.9. The van der Waals surface area contributed by atoms with Gasteiger partial charge < -0.3 is 14.2 Å². The van der Waals surface area contributed by atoms with E-state index in [0.717, 1.165) is 5.56 Å². The van der Waals surface area contributed by atoms with Crippen molar-refractivity contribution in [1.82, 2.24) is 0 Å². The minimum Gasteiger partial charge on any atom is -0.493 e. The lowest BCUT2D eigenvalue weighted by atomic mass is 10.0. The summed E-state index contributed by atoms with van der Waals surface area (Å²) < 4.78 is 43.5. The number of rotatable bonds is 7. The Balaban J connectivity index is 2.37. The van der Waals surface area contributed by atoms with Gasteiger partial charge in [0.25, 0.3) is 10.0 Å². The van der Waals surface area contributed by atoms with Crippen molar-refractivity contribution >= 4 is 15.7 Å². The zero-order valence-corrected chi connectivity index (χ0v) is 15.8. The van der Waals surface area contributed by atoms with E-state index in [2.05, 4.69) is 18.6 Å². The molecule has 1 N–H and O–H groups in total. The van der Waals surface area contributed by atoms with E-state index in [1.165, 1.54) is 21.3 Å². The maximum Gasteiger partial charge on any atom is 0.261 e. The van der Waals surface area contributed by atoms with Crippen LogP contribution in [0.1, 0.15) is 25.3 Å². The Morgan fingerprint density at radius 3 is 1.80 bits per heavy atom. The van der Waals surface area contributed by atoms with Crippen molar-refractivity contribution in [3.8, 4) is 17.2 Å². The molecular weight excluding hydrogens is 342 g/mol. The number of anilines is 1. The van der Waals surface area contributed by atoms with Gasteiger partial charge in [-0.05, 0) is 23.6 Å². The van der Waals surface area contributed by atoms with Crippen LogP contribution in [0.15, 0.2) is 41.3 Å². The van der Waals surface area contributed by atoms with Gasteiger partial charge in [0, 0.05) is 12.1 Å². The van der Waals surface area contributed by atoms with Crippen molar-refractivity contribution in [2.24, 2.45) is 0 Å². The Bertz CT molecular complexity index is 804. The number of nitrogens with one attached hydrogen (secondary N) is 1. The van der Waals surface area contributed by atoms with Gasteiger partial charge in [0.2, 0.25) is 5.75 Å². The van der Waals surface area contributed by atoms with E-state index in [0.29, 0.717) is 28.9 Å². The molecule has 0 aromatic heterocycles. The standard InChI is InChI=1S/C18H23NO5S/c1-12(2)13-6-8-15(9-7-13)25(20,21)19-14-10-16(22-3)18(24-5)17(11-14)23-4/h6-12,19H,1-5H3. The fraction of sp³-hybridized carbons (Fsp3) is 0.333. The van der Waals surface area contributed by atoms with Crippen LogP contribution in [0.2, 0.25) is 0 Å². The highest BCUT2D eigenvalue weighted by atomic mass is 32.2. The molecule has 0 aliphatic heterocycles. The molecule has 2 aromatic rings. The topological polar surface area (TPSA) is 73.9 Å². The number of hydrogen-bond acceptors (Lipinski definition) is 5. The van der Waals surface area contributed by atoms with E-state index < -0.39 is 10.0 Å². The van der Waals surface area contributed by atoms with Gasteiger partial charge in [-0.15, -0.1) is 0 Å². The van der Waals surface area contributed by atoms with Crippen molar-refractivity contribution in [3.05, 3.63) is 42.0 Å². The first-order valence-corrected chi connectivity index (χ1v) is 9.23. The molecule has 0 saturated carbocycles. The van der Waals surface area contributed by atoms with E-state index in [1.54, 1.807) is 24.3 Å². The average Bonchev–Trinajstić information content (AvgIpc) is 2.60. The number of sulfonamides is 1. The summed E-state index contributed by atoms with van der Waals surface area (Å²) in [5, 5.41) is 0. The number of benzene rings is 2. The van der Waals surface area contributed by atoms with Crippen LogP contribution in [-0.4, -0.2) is 29.7 Å². The SMILES string of the molecule is COc1cc(NS(=O)(=O)c2ccc(C(C)C)cc2)cc(OC)c1OC. The van der Waals surface area contributed by atoms with Crippen LogP contribution in [0, 0.1) is 0 Å². The zero-order valence-electron chi connectivity index (χ0n) is 15.0. The molecule has 0 bridgehead atoms. The second kappa shape index (κ2) is 7.65. The van der Waals surface area contributed by atoms with Gasteiger partial charge in [-0.25, -0.2) is 8.42 Å². The molecule has 0 spiro atoms. The summed E-state index contributed by atoms with van der Waals surface area (Å²) in [6.07, 6.45) is 0. The molecule has 0 radical (unpaired) electrons. The Labute approximate surface area is 148 Å². The van der Waals surface area contributed by atoms with Crippen LogP contribution in [0.4, 0.5) is 5.69 Å². The maximum atomic E-state index is 12.6. The molecule has 0 fully saturated rings. The van der Waals surface area contributed by atoms with E-state index in [1.807, 2.05) is 12.1 Å². The average molecular weight is 365 g/mol. The van der Waals surface area contributed by atoms with Crippen molar-refractivity contribution < 1.29 is 22.6 Å². The highest BCUT2D eigenvalue weighted by Gasteiger charge is 2.18. The Morgan fingerprint density at radius 1 is 0.880 bits per heavy atom.